The lowest BCUT2D eigenvalue weighted by Gasteiger charge is -2.20. The highest BCUT2D eigenvalue weighted by atomic mass is 16.5. The Morgan fingerprint density at radius 2 is 1.82 bits per heavy atom. The van der Waals surface area contributed by atoms with Gasteiger partial charge in [0.1, 0.15) is 11.5 Å². The van der Waals surface area contributed by atoms with E-state index >= 15 is 0 Å². The number of carboxylic acid groups (broad SMARTS) is 1. The van der Waals surface area contributed by atoms with Crippen LogP contribution in [0.5, 0.6) is 11.5 Å². The molecule has 34 heavy (non-hydrogen) atoms. The number of anilines is 1. The Bertz CT molecular complexity index is 1300. The molecule has 0 bridgehead atoms. The number of carboxylic acids is 1. The first-order valence-electron chi connectivity index (χ1n) is 10.5. The summed E-state index contributed by atoms with van der Waals surface area (Å²) in [5.41, 5.74) is 2.79. The van der Waals surface area contributed by atoms with E-state index in [4.69, 9.17) is 4.74 Å². The zero-order valence-electron chi connectivity index (χ0n) is 19.4. The number of aliphatic carboxylic acids is 1. The van der Waals surface area contributed by atoms with Crippen molar-refractivity contribution in [2.75, 3.05) is 12.4 Å². The largest absolute Gasteiger partial charge is 0.505 e. The summed E-state index contributed by atoms with van der Waals surface area (Å²) < 4.78 is 6.57. The number of urea groups is 1. The fourth-order valence-corrected chi connectivity index (χ4v) is 3.64. The van der Waals surface area contributed by atoms with Crippen molar-refractivity contribution in [1.29, 1.82) is 0 Å². The minimum absolute atomic E-state index is 0.291. The smallest absolute Gasteiger partial charge is 0.319 e. The normalized spacial score (nSPS) is 11.5. The Morgan fingerprint density at radius 3 is 2.50 bits per heavy atom. The topological polar surface area (TPSA) is 130 Å². The summed E-state index contributed by atoms with van der Waals surface area (Å²) >= 11 is 0. The van der Waals surface area contributed by atoms with Crippen LogP contribution in [0, 0.1) is 13.8 Å². The highest BCUT2D eigenvalue weighted by Gasteiger charge is 2.21. The lowest BCUT2D eigenvalue weighted by molar-refractivity contribution is -0.137. The van der Waals surface area contributed by atoms with E-state index in [2.05, 4.69) is 10.6 Å². The maximum absolute atomic E-state index is 12.7. The number of aromatic hydroxyl groups is 1. The molecule has 2 aromatic carbocycles. The van der Waals surface area contributed by atoms with Crippen LogP contribution in [-0.2, 0) is 11.8 Å². The predicted molar refractivity (Wildman–Crippen MR) is 128 cm³/mol. The molecule has 4 N–H and O–H groups in total. The van der Waals surface area contributed by atoms with Gasteiger partial charge in [0.25, 0.3) is 5.56 Å². The second-order valence-corrected chi connectivity index (χ2v) is 8.02. The first kappa shape index (κ1) is 24.4. The van der Waals surface area contributed by atoms with Crippen molar-refractivity contribution in [1.82, 2.24) is 9.88 Å². The Morgan fingerprint density at radius 1 is 1.09 bits per heavy atom. The first-order valence-corrected chi connectivity index (χ1v) is 10.5. The number of aromatic nitrogens is 1. The van der Waals surface area contributed by atoms with E-state index in [-0.39, 0.29) is 17.9 Å². The van der Waals surface area contributed by atoms with Crippen LogP contribution >= 0.6 is 0 Å². The van der Waals surface area contributed by atoms with Gasteiger partial charge in [-0.3, -0.25) is 9.59 Å². The van der Waals surface area contributed by atoms with E-state index < -0.39 is 23.6 Å². The number of ether oxygens (including phenoxy) is 1. The summed E-state index contributed by atoms with van der Waals surface area (Å²) in [4.78, 5) is 36.7. The molecule has 0 aliphatic carbocycles. The molecule has 1 aromatic heterocycles. The number of hydrogen-bond acceptors (Lipinski definition) is 5. The van der Waals surface area contributed by atoms with Gasteiger partial charge in [-0.25, -0.2) is 4.79 Å². The van der Waals surface area contributed by atoms with E-state index in [0.717, 1.165) is 16.7 Å². The number of nitrogens with zero attached hydrogens (tertiary/aromatic N) is 1. The van der Waals surface area contributed by atoms with Gasteiger partial charge in [0.2, 0.25) is 0 Å². The molecule has 9 nitrogen and oxygen atoms in total. The van der Waals surface area contributed by atoms with E-state index in [9.17, 15) is 24.6 Å². The van der Waals surface area contributed by atoms with Gasteiger partial charge in [0.15, 0.2) is 5.69 Å². The van der Waals surface area contributed by atoms with Gasteiger partial charge in [0, 0.05) is 18.8 Å². The van der Waals surface area contributed by atoms with Crippen LogP contribution in [0.15, 0.2) is 53.3 Å². The molecule has 3 aromatic rings. The second kappa shape index (κ2) is 10.1. The number of hydrogen-bond donors (Lipinski definition) is 4. The number of rotatable bonds is 7. The summed E-state index contributed by atoms with van der Waals surface area (Å²) in [7, 11) is 3.09. The van der Waals surface area contributed by atoms with Gasteiger partial charge in [-0.2, -0.15) is 0 Å². The van der Waals surface area contributed by atoms with Crippen LogP contribution in [-0.4, -0.2) is 33.9 Å². The quantitative estimate of drug-likeness (QED) is 0.421. The Balaban J connectivity index is 1.93. The van der Waals surface area contributed by atoms with Gasteiger partial charge < -0.3 is 30.2 Å². The summed E-state index contributed by atoms with van der Waals surface area (Å²) in [6, 6.07) is 12.6. The molecule has 0 aliphatic rings. The number of carbonyl (C=O) groups excluding carboxylic acids is 1. The summed E-state index contributed by atoms with van der Waals surface area (Å²) in [6.07, 6.45) is -0.383. The van der Waals surface area contributed by atoms with E-state index in [0.29, 0.717) is 17.0 Å². The van der Waals surface area contributed by atoms with Crippen molar-refractivity contribution in [2.45, 2.75) is 26.3 Å². The minimum atomic E-state index is -1.11. The van der Waals surface area contributed by atoms with Crippen molar-refractivity contribution < 1.29 is 24.5 Å². The lowest BCUT2D eigenvalue weighted by Crippen LogP contribution is -2.36. The molecule has 0 unspecified atom stereocenters. The molecule has 0 fully saturated rings. The number of aryl methyl sites for hydroxylation is 2. The molecule has 0 radical (unpaired) electrons. The van der Waals surface area contributed by atoms with Crippen LogP contribution in [0.3, 0.4) is 0 Å². The number of carbonyl (C=O) groups is 2. The number of pyridine rings is 1. The maximum atomic E-state index is 12.7. The number of methoxy groups -OCH3 is 1. The van der Waals surface area contributed by atoms with Crippen LogP contribution in [0.2, 0.25) is 0 Å². The van der Waals surface area contributed by atoms with Crippen LogP contribution in [0.25, 0.3) is 11.1 Å². The predicted octanol–water partition coefficient (Wildman–Crippen LogP) is 3.72. The highest BCUT2D eigenvalue weighted by Crippen LogP contribution is 2.29. The number of benzene rings is 2. The molecule has 3 rings (SSSR count). The molecular formula is C25H27N3O6. The molecule has 0 saturated carbocycles. The molecule has 2 amide bonds. The van der Waals surface area contributed by atoms with E-state index in [1.807, 2.05) is 37.3 Å². The van der Waals surface area contributed by atoms with Crippen molar-refractivity contribution in [3.8, 4) is 22.6 Å². The first-order chi connectivity index (χ1) is 16.1. The summed E-state index contributed by atoms with van der Waals surface area (Å²) in [5.74, 6) is -0.801. The number of amides is 2. The van der Waals surface area contributed by atoms with E-state index in [1.165, 1.54) is 17.7 Å². The molecule has 0 spiro atoms. The monoisotopic (exact) mass is 465 g/mol. The van der Waals surface area contributed by atoms with Crippen molar-refractivity contribution in [3.63, 3.8) is 0 Å². The molecular weight excluding hydrogens is 438 g/mol. The molecule has 9 heteroatoms. The van der Waals surface area contributed by atoms with Gasteiger partial charge >= 0.3 is 12.0 Å². The van der Waals surface area contributed by atoms with Crippen molar-refractivity contribution in [2.24, 2.45) is 7.05 Å². The number of nitrogens with one attached hydrogen (secondary N) is 2. The average molecular weight is 466 g/mol. The molecule has 0 aliphatic heterocycles. The Labute approximate surface area is 196 Å². The lowest BCUT2D eigenvalue weighted by atomic mass is 9.95. The van der Waals surface area contributed by atoms with Gasteiger partial charge in [-0.15, -0.1) is 0 Å². The molecule has 178 valence electrons. The third kappa shape index (κ3) is 5.55. The summed E-state index contributed by atoms with van der Waals surface area (Å²) in [6.45, 7) is 3.52. The molecule has 0 saturated heterocycles. The highest BCUT2D eigenvalue weighted by molar-refractivity contribution is 5.91. The molecule has 1 heterocycles. The summed E-state index contributed by atoms with van der Waals surface area (Å²) in [5, 5.41) is 24.5. The minimum Gasteiger partial charge on any atom is -0.505 e. The Kier molecular flexibility index (Phi) is 7.25. The van der Waals surface area contributed by atoms with Crippen LogP contribution < -0.4 is 20.9 Å². The average Bonchev–Trinajstić information content (AvgIpc) is 2.79. The van der Waals surface area contributed by atoms with Crippen molar-refractivity contribution in [3.05, 3.63) is 75.7 Å². The van der Waals surface area contributed by atoms with Crippen molar-refractivity contribution >= 4 is 17.7 Å². The SMILES string of the molecule is COc1cccc(-c2cc(C)cc([C@H](CC(=O)O)NC(=O)Nc3c(O)cc(C)n(C)c3=O)c2)c1. The third-order valence-electron chi connectivity index (χ3n) is 5.48. The van der Waals surface area contributed by atoms with Gasteiger partial charge in [0.05, 0.1) is 19.6 Å². The van der Waals surface area contributed by atoms with Gasteiger partial charge in [-0.05, 0) is 48.7 Å². The van der Waals surface area contributed by atoms with Crippen LogP contribution in [0.1, 0.15) is 29.3 Å². The fraction of sp³-hybridized carbons (Fsp3) is 0.240. The molecule has 1 atom stereocenters. The maximum Gasteiger partial charge on any atom is 0.319 e. The van der Waals surface area contributed by atoms with Gasteiger partial charge in [-0.1, -0.05) is 29.8 Å². The zero-order chi connectivity index (χ0) is 25.0. The van der Waals surface area contributed by atoms with E-state index in [1.54, 1.807) is 26.2 Å². The fourth-order valence-electron chi connectivity index (χ4n) is 3.64. The van der Waals surface area contributed by atoms with Crippen LogP contribution in [0.4, 0.5) is 10.5 Å². The Hall–Kier alpha value is -4.27. The standard InChI is InChI=1S/C25H27N3O6/c1-14-8-17(16-6-5-7-19(12-16)34-4)11-18(9-14)20(13-22(30)31)26-25(33)27-23-21(29)10-15(2)28(3)24(23)32/h5-12,20,29H,13H2,1-4H3,(H,30,31)(H2,26,27,33)/t20-/m0/s1. The second-order valence-electron chi connectivity index (χ2n) is 8.02. The third-order valence-corrected chi connectivity index (χ3v) is 5.48. The zero-order valence-corrected chi connectivity index (χ0v) is 19.4.